The van der Waals surface area contributed by atoms with Crippen molar-refractivity contribution in [2.24, 2.45) is 9.98 Å². The van der Waals surface area contributed by atoms with Gasteiger partial charge < -0.3 is 20.1 Å². The highest BCUT2D eigenvalue weighted by Crippen LogP contribution is 2.35. The average Bonchev–Trinajstić information content (AvgIpc) is 3.32. The number of nitrogens with one attached hydrogen (secondary N) is 2. The number of rotatable bonds is 10. The van der Waals surface area contributed by atoms with E-state index in [9.17, 15) is 14.4 Å². The van der Waals surface area contributed by atoms with Crippen LogP contribution in [-0.2, 0) is 20.8 Å². The van der Waals surface area contributed by atoms with E-state index in [1.807, 2.05) is 54.6 Å². The Kier molecular flexibility index (Phi) is 8.64. The molecule has 5 rings (SSSR count). The molecule has 3 aromatic rings. The van der Waals surface area contributed by atoms with E-state index >= 15 is 0 Å². The van der Waals surface area contributed by atoms with Crippen LogP contribution < -0.4 is 20.1 Å². The van der Waals surface area contributed by atoms with Gasteiger partial charge in [0, 0.05) is 18.2 Å². The number of aliphatic imine (C=N–C) groups is 2. The number of ether oxygens (including phenoxy) is 2. The van der Waals surface area contributed by atoms with Crippen LogP contribution in [-0.4, -0.2) is 66.2 Å². The molecule has 0 aromatic heterocycles. The van der Waals surface area contributed by atoms with Crippen LogP contribution in [0, 0.1) is 0 Å². The summed E-state index contributed by atoms with van der Waals surface area (Å²) in [6.45, 7) is 0.448. The van der Waals surface area contributed by atoms with Crippen molar-refractivity contribution in [1.82, 2.24) is 10.2 Å². The second-order valence-electron chi connectivity index (χ2n) is 9.26. The van der Waals surface area contributed by atoms with Crippen molar-refractivity contribution in [2.75, 3.05) is 31.8 Å². The first kappa shape index (κ1) is 27.9. The Morgan fingerprint density at radius 3 is 2.51 bits per heavy atom. The zero-order chi connectivity index (χ0) is 28.8. The second kappa shape index (κ2) is 12.7. The Hall–Kier alpha value is -4.64. The minimum Gasteiger partial charge on any atom is -0.497 e. The average molecular weight is 572 g/mol. The lowest BCUT2D eigenvalue weighted by Gasteiger charge is -2.30. The lowest BCUT2D eigenvalue weighted by molar-refractivity contribution is -0.126. The van der Waals surface area contributed by atoms with Gasteiger partial charge in [0.1, 0.15) is 23.4 Å². The highest BCUT2D eigenvalue weighted by molar-refractivity contribution is 8.14. The molecule has 210 valence electrons. The van der Waals surface area contributed by atoms with Crippen LogP contribution >= 0.6 is 11.8 Å². The van der Waals surface area contributed by atoms with Crippen LogP contribution in [0.15, 0.2) is 82.8 Å². The topological polar surface area (TPSA) is 122 Å². The van der Waals surface area contributed by atoms with E-state index in [4.69, 9.17) is 14.5 Å². The third-order valence-corrected chi connectivity index (χ3v) is 7.53. The Bertz CT molecular complexity index is 1520. The van der Waals surface area contributed by atoms with E-state index in [-0.39, 0.29) is 24.0 Å². The first-order chi connectivity index (χ1) is 20.0. The van der Waals surface area contributed by atoms with E-state index in [1.54, 1.807) is 30.2 Å². The molecule has 1 atom stereocenters. The number of carbonyl (C=O) groups excluding carboxylic acids is 3. The van der Waals surface area contributed by atoms with Gasteiger partial charge in [-0.1, -0.05) is 54.2 Å². The summed E-state index contributed by atoms with van der Waals surface area (Å²) in [6.07, 6.45) is 0.593. The molecule has 2 aliphatic heterocycles. The fourth-order valence-electron chi connectivity index (χ4n) is 4.57. The van der Waals surface area contributed by atoms with Gasteiger partial charge in [0.15, 0.2) is 5.17 Å². The first-order valence-corrected chi connectivity index (χ1v) is 14.0. The summed E-state index contributed by atoms with van der Waals surface area (Å²) in [7, 11) is 3.06. The summed E-state index contributed by atoms with van der Waals surface area (Å²) in [4.78, 5) is 49.6. The number of nitrogens with zero attached hydrogens (tertiary/aromatic N) is 3. The minimum absolute atomic E-state index is 0.00464. The smallest absolute Gasteiger partial charge is 0.271 e. The molecule has 2 heterocycles. The number of amidine groups is 2. The van der Waals surface area contributed by atoms with E-state index < -0.39 is 11.9 Å². The number of carbonyl (C=O) groups is 3. The van der Waals surface area contributed by atoms with Gasteiger partial charge in [-0.2, -0.15) is 4.99 Å². The van der Waals surface area contributed by atoms with E-state index in [1.165, 1.54) is 7.11 Å². The maximum absolute atomic E-state index is 13.1. The number of hydrogen-bond donors (Lipinski definition) is 2. The van der Waals surface area contributed by atoms with Crippen LogP contribution in [0.5, 0.6) is 11.5 Å². The molecule has 0 radical (unpaired) electrons. The van der Waals surface area contributed by atoms with Crippen molar-refractivity contribution >= 4 is 51.9 Å². The Balaban J connectivity index is 1.29. The van der Waals surface area contributed by atoms with Gasteiger partial charge in [-0.3, -0.25) is 19.3 Å². The predicted octanol–water partition coefficient (Wildman–Crippen LogP) is 3.78. The van der Waals surface area contributed by atoms with Crippen molar-refractivity contribution < 1.29 is 23.9 Å². The molecular formula is C30H29N5O5S. The van der Waals surface area contributed by atoms with E-state index in [2.05, 4.69) is 15.6 Å². The van der Waals surface area contributed by atoms with Crippen molar-refractivity contribution in [3.63, 3.8) is 0 Å². The van der Waals surface area contributed by atoms with Crippen molar-refractivity contribution in [3.8, 4) is 11.5 Å². The molecule has 11 heteroatoms. The predicted molar refractivity (Wildman–Crippen MR) is 159 cm³/mol. The number of benzene rings is 3. The number of methoxy groups -OCH3 is 2. The molecule has 0 fully saturated rings. The van der Waals surface area contributed by atoms with Crippen molar-refractivity contribution in [3.05, 3.63) is 83.9 Å². The van der Waals surface area contributed by atoms with Crippen LogP contribution in [0.25, 0.3) is 0 Å². The van der Waals surface area contributed by atoms with Gasteiger partial charge in [-0.25, -0.2) is 4.99 Å². The zero-order valence-corrected chi connectivity index (χ0v) is 23.4. The van der Waals surface area contributed by atoms with E-state index in [0.29, 0.717) is 52.4 Å². The van der Waals surface area contributed by atoms with E-state index in [0.717, 1.165) is 17.3 Å². The number of thioether (sulfide) groups is 1. The Labute approximate surface area is 241 Å². The maximum Gasteiger partial charge on any atom is 0.271 e. The molecule has 2 aliphatic rings. The molecule has 10 nitrogen and oxygen atoms in total. The molecule has 41 heavy (non-hydrogen) atoms. The minimum atomic E-state index is -0.858. The lowest BCUT2D eigenvalue weighted by Crippen LogP contribution is -2.46. The summed E-state index contributed by atoms with van der Waals surface area (Å²) >= 11 is 1.16. The third-order valence-electron chi connectivity index (χ3n) is 6.58. The summed E-state index contributed by atoms with van der Waals surface area (Å²) in [5.74, 6) is 0.502. The molecule has 0 bridgehead atoms. The van der Waals surface area contributed by atoms with Crippen LogP contribution in [0.4, 0.5) is 11.4 Å². The van der Waals surface area contributed by atoms with Gasteiger partial charge in [-0.15, -0.1) is 0 Å². The molecule has 0 aliphatic carbocycles. The normalized spacial score (nSPS) is 15.3. The highest BCUT2D eigenvalue weighted by atomic mass is 32.2. The molecule has 3 aromatic carbocycles. The van der Waals surface area contributed by atoms with Gasteiger partial charge >= 0.3 is 0 Å². The van der Waals surface area contributed by atoms with Crippen LogP contribution in [0.2, 0.25) is 0 Å². The Morgan fingerprint density at radius 2 is 1.73 bits per heavy atom. The summed E-state index contributed by atoms with van der Waals surface area (Å²) in [5, 5.41) is 6.17. The quantitative estimate of drug-likeness (QED) is 0.380. The maximum atomic E-state index is 13.1. The summed E-state index contributed by atoms with van der Waals surface area (Å²) in [6, 6.07) is 21.4. The highest BCUT2D eigenvalue weighted by Gasteiger charge is 2.42. The Morgan fingerprint density at radius 1 is 0.951 bits per heavy atom. The van der Waals surface area contributed by atoms with Crippen molar-refractivity contribution in [2.45, 2.75) is 18.9 Å². The molecule has 1 unspecified atom stereocenters. The molecule has 3 amide bonds. The number of para-hydroxylation sites is 1. The van der Waals surface area contributed by atoms with Crippen LogP contribution in [0.3, 0.4) is 0 Å². The second-order valence-corrected chi connectivity index (χ2v) is 10.2. The van der Waals surface area contributed by atoms with Gasteiger partial charge in [0.2, 0.25) is 11.8 Å². The number of fused-ring (bicyclic) bond motifs is 3. The standard InChI is InChI=1S/C30H29N5O5S/c1-39-20-12-13-25(40-2)23(16-20)32-27(37)18-41-30-33-22-11-7-6-10-21(22)28-34-29(38)24(35(28)30)17-26(36)31-15-14-19-8-4-3-5-9-19/h3-13,16,24H,14-15,17-18H2,1-2H3,(H,31,36)(H,32,37). The van der Waals surface area contributed by atoms with Crippen LogP contribution in [0.1, 0.15) is 17.5 Å². The van der Waals surface area contributed by atoms with Crippen molar-refractivity contribution in [1.29, 1.82) is 0 Å². The van der Waals surface area contributed by atoms with Gasteiger partial charge in [0.25, 0.3) is 5.91 Å². The third kappa shape index (κ3) is 6.41. The first-order valence-electron chi connectivity index (χ1n) is 13.0. The van der Waals surface area contributed by atoms with Gasteiger partial charge in [0.05, 0.1) is 37.8 Å². The number of amides is 3. The summed E-state index contributed by atoms with van der Waals surface area (Å²) < 4.78 is 10.6. The van der Waals surface area contributed by atoms with Gasteiger partial charge in [-0.05, 0) is 36.2 Å². The largest absolute Gasteiger partial charge is 0.497 e. The molecule has 2 N–H and O–H groups in total. The fourth-order valence-corrected chi connectivity index (χ4v) is 5.42. The molecule has 0 saturated heterocycles. The molecular weight excluding hydrogens is 542 g/mol. The number of anilines is 1. The zero-order valence-electron chi connectivity index (χ0n) is 22.6. The SMILES string of the molecule is COc1ccc(OC)c(NC(=O)CSC2=Nc3ccccc3C3=NC(=O)C(CC(=O)NCCc4ccccc4)N23)c1. The fraction of sp³-hybridized carbons (Fsp3) is 0.233. The lowest BCUT2D eigenvalue weighted by atomic mass is 10.1. The molecule has 0 spiro atoms. The molecule has 0 saturated carbocycles. The summed E-state index contributed by atoms with van der Waals surface area (Å²) in [5.41, 5.74) is 2.92. The number of hydrogen-bond acceptors (Lipinski definition) is 8. The monoisotopic (exact) mass is 571 g/mol.